The van der Waals surface area contributed by atoms with E-state index in [4.69, 9.17) is 32.4 Å². The van der Waals surface area contributed by atoms with Crippen LogP contribution in [-0.2, 0) is 9.53 Å². The molecule has 204 valence electrons. The van der Waals surface area contributed by atoms with Gasteiger partial charge in [0.1, 0.15) is 11.5 Å². The number of aromatic nitrogens is 1. The number of halogens is 2. The van der Waals surface area contributed by atoms with Crippen molar-refractivity contribution in [1.82, 2.24) is 4.57 Å². The van der Waals surface area contributed by atoms with Crippen molar-refractivity contribution in [2.75, 3.05) is 6.61 Å². The number of nitro benzene ring substituents is 1. The largest absolute Gasteiger partial charge is 0.463 e. The Morgan fingerprint density at radius 3 is 2.65 bits per heavy atom. The summed E-state index contributed by atoms with van der Waals surface area (Å²) in [6.45, 7) is 5.05. The van der Waals surface area contributed by atoms with E-state index in [2.05, 4.69) is 4.99 Å². The third-order valence-electron chi connectivity index (χ3n) is 6.37. The van der Waals surface area contributed by atoms with E-state index < -0.39 is 22.5 Å². The number of fused-ring (bicyclic) bond motifs is 1. The summed E-state index contributed by atoms with van der Waals surface area (Å²) in [4.78, 5) is 42.9. The van der Waals surface area contributed by atoms with Gasteiger partial charge in [-0.05, 0) is 56.7 Å². The summed E-state index contributed by atoms with van der Waals surface area (Å²) in [6.07, 6.45) is 1.59. The predicted molar refractivity (Wildman–Crippen MR) is 152 cm³/mol. The molecule has 4 aromatic rings. The summed E-state index contributed by atoms with van der Waals surface area (Å²) in [7, 11) is 0. The number of thiazole rings is 1. The summed E-state index contributed by atoms with van der Waals surface area (Å²) in [6, 6.07) is 12.2. The Hall–Kier alpha value is -3.99. The average Bonchev–Trinajstić information content (AvgIpc) is 3.49. The minimum absolute atomic E-state index is 0.112. The number of benzene rings is 2. The zero-order chi connectivity index (χ0) is 28.7. The molecule has 0 saturated heterocycles. The lowest BCUT2D eigenvalue weighted by Crippen LogP contribution is -2.40. The number of esters is 1. The molecule has 1 aliphatic heterocycles. The molecule has 0 aliphatic carbocycles. The van der Waals surface area contributed by atoms with Gasteiger partial charge in [-0.15, -0.1) is 0 Å². The monoisotopic (exact) mass is 597 g/mol. The molecule has 1 unspecified atom stereocenters. The van der Waals surface area contributed by atoms with Crippen molar-refractivity contribution >= 4 is 52.3 Å². The van der Waals surface area contributed by atoms with Crippen LogP contribution in [0, 0.1) is 17.0 Å². The number of ether oxygens (including phenoxy) is 1. The quantitative estimate of drug-likeness (QED) is 0.163. The number of furan rings is 1. The first-order valence-corrected chi connectivity index (χ1v) is 13.7. The normalized spacial score (nSPS) is 15.1. The van der Waals surface area contributed by atoms with E-state index in [0.717, 1.165) is 11.3 Å². The van der Waals surface area contributed by atoms with Crippen LogP contribution in [0.2, 0.25) is 10.0 Å². The van der Waals surface area contributed by atoms with E-state index in [1.54, 1.807) is 69.3 Å². The number of allylic oxidation sites excluding steroid dienone is 1. The second kappa shape index (κ2) is 10.9. The molecule has 40 heavy (non-hydrogen) atoms. The van der Waals surface area contributed by atoms with Crippen LogP contribution in [0.4, 0.5) is 5.69 Å². The molecule has 5 rings (SSSR count). The van der Waals surface area contributed by atoms with Crippen molar-refractivity contribution in [2.24, 2.45) is 4.99 Å². The van der Waals surface area contributed by atoms with Crippen LogP contribution >= 0.6 is 34.5 Å². The fraction of sp³-hybridized carbons (Fsp3) is 0.179. The molecule has 12 heteroatoms. The number of nitrogens with zero attached hydrogens (tertiary/aromatic N) is 3. The molecule has 1 aliphatic rings. The van der Waals surface area contributed by atoms with Crippen LogP contribution in [0.25, 0.3) is 17.4 Å². The van der Waals surface area contributed by atoms with Gasteiger partial charge in [0.2, 0.25) is 0 Å². The third kappa shape index (κ3) is 5.01. The van der Waals surface area contributed by atoms with Crippen molar-refractivity contribution in [3.63, 3.8) is 0 Å². The summed E-state index contributed by atoms with van der Waals surface area (Å²) < 4.78 is 12.9. The Kier molecular flexibility index (Phi) is 7.50. The van der Waals surface area contributed by atoms with Gasteiger partial charge >= 0.3 is 5.97 Å². The third-order valence-corrected chi connectivity index (χ3v) is 8.09. The van der Waals surface area contributed by atoms with E-state index in [1.165, 1.54) is 10.6 Å². The maximum absolute atomic E-state index is 13.8. The van der Waals surface area contributed by atoms with E-state index in [9.17, 15) is 19.7 Å². The number of rotatable bonds is 6. The Morgan fingerprint density at radius 1 is 1.18 bits per heavy atom. The maximum atomic E-state index is 13.8. The summed E-state index contributed by atoms with van der Waals surface area (Å²) >= 11 is 13.3. The fourth-order valence-corrected chi connectivity index (χ4v) is 5.79. The van der Waals surface area contributed by atoms with Gasteiger partial charge in [0.05, 0.1) is 43.4 Å². The van der Waals surface area contributed by atoms with E-state index in [0.29, 0.717) is 53.3 Å². The molecule has 0 N–H and O–H groups in total. The smallest absolute Gasteiger partial charge is 0.338 e. The van der Waals surface area contributed by atoms with Gasteiger partial charge in [-0.3, -0.25) is 19.5 Å². The van der Waals surface area contributed by atoms with Gasteiger partial charge in [0.15, 0.2) is 4.80 Å². The van der Waals surface area contributed by atoms with Crippen LogP contribution in [0.1, 0.15) is 36.8 Å². The molecule has 0 spiro atoms. The number of aryl methyl sites for hydroxylation is 1. The maximum Gasteiger partial charge on any atom is 0.338 e. The molecule has 2 aromatic heterocycles. The molecule has 2 aromatic carbocycles. The predicted octanol–water partition coefficient (Wildman–Crippen LogP) is 5.58. The minimum Gasteiger partial charge on any atom is -0.463 e. The van der Waals surface area contributed by atoms with E-state index >= 15 is 0 Å². The first-order valence-electron chi connectivity index (χ1n) is 12.1. The van der Waals surface area contributed by atoms with Crippen LogP contribution in [0.3, 0.4) is 0 Å². The van der Waals surface area contributed by atoms with Crippen molar-refractivity contribution in [2.45, 2.75) is 26.8 Å². The number of carbonyl (C=O) groups excluding carboxylic acids is 1. The van der Waals surface area contributed by atoms with Gasteiger partial charge in [-0.25, -0.2) is 9.79 Å². The Bertz CT molecular complexity index is 1900. The summed E-state index contributed by atoms with van der Waals surface area (Å²) in [5.74, 6) is 0.293. The van der Waals surface area contributed by atoms with Crippen molar-refractivity contribution in [3.8, 4) is 11.3 Å². The zero-order valence-corrected chi connectivity index (χ0v) is 23.8. The number of hydrogen-bond donors (Lipinski definition) is 0. The molecule has 0 saturated carbocycles. The molecule has 1 atom stereocenters. The topological polar surface area (TPSA) is 117 Å². The highest BCUT2D eigenvalue weighted by Gasteiger charge is 2.34. The van der Waals surface area contributed by atoms with Gasteiger partial charge in [-0.1, -0.05) is 46.7 Å². The Labute approximate surface area is 241 Å². The fourth-order valence-electron chi connectivity index (χ4n) is 4.46. The molecule has 0 fully saturated rings. The zero-order valence-electron chi connectivity index (χ0n) is 21.4. The van der Waals surface area contributed by atoms with Crippen LogP contribution in [0.5, 0.6) is 0 Å². The highest BCUT2D eigenvalue weighted by atomic mass is 35.5. The summed E-state index contributed by atoms with van der Waals surface area (Å²) in [5, 5.41) is 12.5. The van der Waals surface area contributed by atoms with Gasteiger partial charge in [0.25, 0.3) is 11.2 Å². The second-order valence-electron chi connectivity index (χ2n) is 8.94. The highest BCUT2D eigenvalue weighted by molar-refractivity contribution is 7.07. The van der Waals surface area contributed by atoms with Crippen molar-refractivity contribution < 1.29 is 18.9 Å². The highest BCUT2D eigenvalue weighted by Crippen LogP contribution is 2.34. The SMILES string of the molecule is CCOC(=O)C1=C(C)N=c2sc(=Cc3ccc(-c4ccc(Cl)c(Cl)c4)o3)c(=O)n2C1c1ccc(C)c([N+](=O)[O-])c1. The standard InChI is InChI=1S/C28H21Cl2N3O6S/c1-4-38-27(35)24-15(3)31-28-32(25(24)17-6-5-14(2)21(12-17)33(36)37)26(34)23(40-28)13-18-8-10-22(39-18)16-7-9-19(29)20(30)11-16/h5-13,25H,4H2,1-3H3. The first-order chi connectivity index (χ1) is 19.1. The average molecular weight is 598 g/mol. The Balaban J connectivity index is 1.66. The van der Waals surface area contributed by atoms with Crippen molar-refractivity contribution in [3.05, 3.63) is 117 Å². The second-order valence-corrected chi connectivity index (χ2v) is 10.8. The van der Waals surface area contributed by atoms with Crippen LogP contribution in [0.15, 0.2) is 74.0 Å². The molecular formula is C28H21Cl2N3O6S. The van der Waals surface area contributed by atoms with E-state index in [1.807, 2.05) is 0 Å². The molecular weight excluding hydrogens is 577 g/mol. The van der Waals surface area contributed by atoms with Gasteiger partial charge < -0.3 is 9.15 Å². The van der Waals surface area contributed by atoms with Gasteiger partial charge in [-0.2, -0.15) is 0 Å². The first kappa shape index (κ1) is 27.6. The molecule has 0 amide bonds. The minimum atomic E-state index is -0.972. The number of nitro groups is 1. The van der Waals surface area contributed by atoms with Gasteiger partial charge in [0, 0.05) is 23.3 Å². The lowest BCUT2D eigenvalue weighted by Gasteiger charge is -2.24. The summed E-state index contributed by atoms with van der Waals surface area (Å²) in [5.41, 5.74) is 1.50. The van der Waals surface area contributed by atoms with Crippen LogP contribution in [-0.4, -0.2) is 22.1 Å². The van der Waals surface area contributed by atoms with E-state index in [-0.39, 0.29) is 17.9 Å². The Morgan fingerprint density at radius 2 is 1.95 bits per heavy atom. The lowest BCUT2D eigenvalue weighted by atomic mass is 9.94. The molecule has 3 heterocycles. The lowest BCUT2D eigenvalue weighted by molar-refractivity contribution is -0.385. The molecule has 0 radical (unpaired) electrons. The number of carbonyl (C=O) groups is 1. The van der Waals surface area contributed by atoms with Crippen molar-refractivity contribution in [1.29, 1.82) is 0 Å². The number of hydrogen-bond acceptors (Lipinski definition) is 8. The molecule has 9 nitrogen and oxygen atoms in total. The molecule has 0 bridgehead atoms. The van der Waals surface area contributed by atoms with Crippen LogP contribution < -0.4 is 14.9 Å².